The number of benzene rings is 1. The molecule has 1 atom stereocenters. The molecule has 18 heavy (non-hydrogen) atoms. The van der Waals surface area contributed by atoms with Gasteiger partial charge in [-0.2, -0.15) is 0 Å². The molecule has 1 N–H and O–H groups in total. The van der Waals surface area contributed by atoms with Crippen LogP contribution < -0.4 is 4.74 Å². The predicted molar refractivity (Wildman–Crippen MR) is 69.9 cm³/mol. The van der Waals surface area contributed by atoms with Crippen LogP contribution in [-0.4, -0.2) is 21.8 Å². The molecule has 0 spiro atoms. The molecular formula is C13H15ClN2O2. The van der Waals surface area contributed by atoms with Crippen molar-refractivity contribution in [1.29, 1.82) is 0 Å². The lowest BCUT2D eigenvalue weighted by Gasteiger charge is -2.14. The lowest BCUT2D eigenvalue weighted by Crippen LogP contribution is -2.08. The molecule has 0 saturated heterocycles. The third-order valence-electron chi connectivity index (χ3n) is 2.85. The zero-order valence-electron chi connectivity index (χ0n) is 10.3. The van der Waals surface area contributed by atoms with Gasteiger partial charge in [0.15, 0.2) is 0 Å². The second-order valence-corrected chi connectivity index (χ2v) is 4.50. The summed E-state index contributed by atoms with van der Waals surface area (Å²) in [5.41, 5.74) is 0.713. The van der Waals surface area contributed by atoms with Gasteiger partial charge in [0.1, 0.15) is 11.6 Å². The Kier molecular flexibility index (Phi) is 3.89. The van der Waals surface area contributed by atoms with Crippen molar-refractivity contribution in [1.82, 2.24) is 9.55 Å². The third-order valence-corrected chi connectivity index (χ3v) is 3.09. The number of ether oxygens (including phenoxy) is 1. The van der Waals surface area contributed by atoms with Crippen molar-refractivity contribution in [2.24, 2.45) is 7.05 Å². The van der Waals surface area contributed by atoms with Gasteiger partial charge in [-0.3, -0.25) is 0 Å². The van der Waals surface area contributed by atoms with Gasteiger partial charge in [-0.15, -0.1) is 0 Å². The van der Waals surface area contributed by atoms with E-state index in [1.54, 1.807) is 31.5 Å². The van der Waals surface area contributed by atoms with Crippen molar-refractivity contribution in [3.05, 3.63) is 47.0 Å². The highest BCUT2D eigenvalue weighted by atomic mass is 35.5. The first-order valence-corrected chi connectivity index (χ1v) is 5.97. The average molecular weight is 267 g/mol. The molecule has 0 aliphatic carbocycles. The van der Waals surface area contributed by atoms with E-state index in [0.717, 1.165) is 5.82 Å². The Labute approximate surface area is 111 Å². The van der Waals surface area contributed by atoms with Crippen LogP contribution in [0.2, 0.25) is 5.02 Å². The van der Waals surface area contributed by atoms with Gasteiger partial charge >= 0.3 is 0 Å². The van der Waals surface area contributed by atoms with E-state index in [4.69, 9.17) is 16.3 Å². The number of aliphatic hydroxyl groups excluding tert-OH is 1. The smallest absolute Gasteiger partial charge is 0.126 e. The van der Waals surface area contributed by atoms with Crippen molar-refractivity contribution in [2.45, 2.75) is 12.5 Å². The van der Waals surface area contributed by atoms with E-state index in [-0.39, 0.29) is 0 Å². The highest BCUT2D eigenvalue weighted by Crippen LogP contribution is 2.29. The number of rotatable bonds is 4. The SMILES string of the molecule is COc1cc(Cl)ccc1C(O)Cc1nccn1C. The number of nitrogens with zero attached hydrogens (tertiary/aromatic N) is 2. The maximum atomic E-state index is 10.2. The van der Waals surface area contributed by atoms with Crippen LogP contribution in [0.15, 0.2) is 30.6 Å². The van der Waals surface area contributed by atoms with Crippen LogP contribution in [-0.2, 0) is 13.5 Å². The van der Waals surface area contributed by atoms with E-state index in [2.05, 4.69) is 4.98 Å². The number of aromatic nitrogens is 2. The molecule has 1 aromatic heterocycles. The third kappa shape index (κ3) is 2.66. The summed E-state index contributed by atoms with van der Waals surface area (Å²) in [7, 11) is 3.46. The van der Waals surface area contributed by atoms with Crippen LogP contribution in [0.3, 0.4) is 0 Å². The fourth-order valence-corrected chi connectivity index (χ4v) is 2.00. The van der Waals surface area contributed by atoms with Crippen molar-refractivity contribution in [3.8, 4) is 5.75 Å². The van der Waals surface area contributed by atoms with Crippen LogP contribution in [0.1, 0.15) is 17.5 Å². The normalized spacial score (nSPS) is 12.4. The molecule has 0 saturated carbocycles. The summed E-state index contributed by atoms with van der Waals surface area (Å²) < 4.78 is 7.11. The highest BCUT2D eigenvalue weighted by Gasteiger charge is 2.16. The topological polar surface area (TPSA) is 47.3 Å². The molecule has 2 rings (SSSR count). The molecule has 0 radical (unpaired) electrons. The molecule has 4 nitrogen and oxygen atoms in total. The summed E-state index contributed by atoms with van der Waals surface area (Å²) >= 11 is 5.89. The van der Waals surface area contributed by atoms with Crippen LogP contribution in [0.5, 0.6) is 5.75 Å². The lowest BCUT2D eigenvalue weighted by molar-refractivity contribution is 0.170. The minimum atomic E-state index is -0.668. The second kappa shape index (κ2) is 5.42. The summed E-state index contributed by atoms with van der Waals surface area (Å²) in [5.74, 6) is 1.41. The summed E-state index contributed by atoms with van der Waals surface area (Å²) in [6.45, 7) is 0. The highest BCUT2D eigenvalue weighted by molar-refractivity contribution is 6.30. The van der Waals surface area contributed by atoms with Crippen LogP contribution in [0, 0.1) is 0 Å². The van der Waals surface area contributed by atoms with E-state index in [9.17, 15) is 5.11 Å². The Balaban J connectivity index is 2.23. The zero-order valence-corrected chi connectivity index (χ0v) is 11.1. The average Bonchev–Trinajstić information content (AvgIpc) is 2.74. The van der Waals surface area contributed by atoms with Gasteiger partial charge in [0.05, 0.1) is 13.2 Å². The van der Waals surface area contributed by atoms with Crippen molar-refractivity contribution in [2.75, 3.05) is 7.11 Å². The van der Waals surface area contributed by atoms with Gasteiger partial charge in [-0.1, -0.05) is 17.7 Å². The molecule has 0 fully saturated rings. The summed E-state index contributed by atoms with van der Waals surface area (Å²) in [6, 6.07) is 5.20. The van der Waals surface area contributed by atoms with Gasteiger partial charge in [0, 0.05) is 36.4 Å². The van der Waals surface area contributed by atoms with Crippen molar-refractivity contribution >= 4 is 11.6 Å². The minimum Gasteiger partial charge on any atom is -0.496 e. The Bertz CT molecular complexity index is 540. The maximum Gasteiger partial charge on any atom is 0.126 e. The van der Waals surface area contributed by atoms with Gasteiger partial charge < -0.3 is 14.4 Å². The first-order chi connectivity index (χ1) is 8.61. The van der Waals surface area contributed by atoms with Crippen molar-refractivity contribution < 1.29 is 9.84 Å². The van der Waals surface area contributed by atoms with Gasteiger partial charge in [-0.05, 0) is 12.1 Å². The molecule has 1 aromatic carbocycles. The molecular weight excluding hydrogens is 252 g/mol. The quantitative estimate of drug-likeness (QED) is 0.924. The van der Waals surface area contributed by atoms with Gasteiger partial charge in [0.25, 0.3) is 0 Å². The number of aliphatic hydroxyl groups is 1. The molecule has 96 valence electrons. The Morgan fingerprint density at radius 2 is 2.28 bits per heavy atom. The summed E-state index contributed by atoms with van der Waals surface area (Å²) in [4.78, 5) is 4.19. The fraction of sp³-hybridized carbons (Fsp3) is 0.308. The lowest BCUT2D eigenvalue weighted by atomic mass is 10.1. The van der Waals surface area contributed by atoms with E-state index < -0.39 is 6.10 Å². The monoisotopic (exact) mass is 266 g/mol. The molecule has 0 amide bonds. The van der Waals surface area contributed by atoms with E-state index >= 15 is 0 Å². The van der Waals surface area contributed by atoms with Crippen LogP contribution >= 0.6 is 11.6 Å². The second-order valence-electron chi connectivity index (χ2n) is 4.06. The maximum absolute atomic E-state index is 10.2. The molecule has 0 bridgehead atoms. The fourth-order valence-electron chi connectivity index (χ4n) is 1.84. The standard InChI is InChI=1S/C13H15ClN2O2/c1-16-6-5-15-13(16)8-11(17)10-4-3-9(14)7-12(10)18-2/h3-7,11,17H,8H2,1-2H3. The number of imidazole rings is 1. The molecule has 1 heterocycles. The van der Waals surface area contributed by atoms with Crippen LogP contribution in [0.4, 0.5) is 0 Å². The number of aryl methyl sites for hydroxylation is 1. The molecule has 0 aliphatic rings. The zero-order chi connectivity index (χ0) is 13.1. The number of halogens is 1. The van der Waals surface area contributed by atoms with E-state index in [1.807, 2.05) is 17.8 Å². The number of hydrogen-bond donors (Lipinski definition) is 1. The Morgan fingerprint density at radius 3 is 2.89 bits per heavy atom. The van der Waals surface area contributed by atoms with Crippen LogP contribution in [0.25, 0.3) is 0 Å². The molecule has 2 aromatic rings. The van der Waals surface area contributed by atoms with E-state index in [0.29, 0.717) is 22.8 Å². The summed E-state index contributed by atoms with van der Waals surface area (Å²) in [5, 5.41) is 10.8. The van der Waals surface area contributed by atoms with E-state index in [1.165, 1.54) is 0 Å². The molecule has 5 heteroatoms. The Hall–Kier alpha value is -1.52. The summed E-state index contributed by atoms with van der Waals surface area (Å²) in [6.07, 6.45) is 3.32. The number of methoxy groups -OCH3 is 1. The molecule has 0 aliphatic heterocycles. The minimum absolute atomic E-state index is 0.432. The number of hydrogen-bond acceptors (Lipinski definition) is 3. The largest absolute Gasteiger partial charge is 0.496 e. The molecule has 1 unspecified atom stereocenters. The first kappa shape index (κ1) is 12.9. The Morgan fingerprint density at radius 1 is 1.50 bits per heavy atom. The van der Waals surface area contributed by atoms with Gasteiger partial charge in [0.2, 0.25) is 0 Å². The van der Waals surface area contributed by atoms with Crippen molar-refractivity contribution in [3.63, 3.8) is 0 Å². The van der Waals surface area contributed by atoms with Gasteiger partial charge in [-0.25, -0.2) is 4.98 Å². The first-order valence-electron chi connectivity index (χ1n) is 5.59. The predicted octanol–water partition coefficient (Wildman–Crippen LogP) is 2.36.